The van der Waals surface area contributed by atoms with E-state index in [0.717, 1.165) is 11.3 Å². The minimum Gasteiger partial charge on any atom is -0.492 e. The van der Waals surface area contributed by atoms with Gasteiger partial charge in [-0.2, -0.15) is 5.26 Å². The van der Waals surface area contributed by atoms with Crippen LogP contribution in [-0.2, 0) is 6.54 Å². The topological polar surface area (TPSA) is 63.7 Å². The molecule has 0 spiro atoms. The van der Waals surface area contributed by atoms with Gasteiger partial charge in [-0.1, -0.05) is 12.1 Å². The second-order valence-electron chi connectivity index (χ2n) is 3.61. The molecule has 1 aromatic heterocycles. The van der Waals surface area contributed by atoms with Crippen LogP contribution in [-0.4, -0.2) is 21.4 Å². The van der Waals surface area contributed by atoms with Crippen molar-refractivity contribution in [3.05, 3.63) is 42.0 Å². The maximum absolute atomic E-state index is 8.57. The van der Waals surface area contributed by atoms with Crippen LogP contribution in [0.1, 0.15) is 11.4 Å². The Morgan fingerprint density at radius 3 is 3.06 bits per heavy atom. The number of nitriles is 1. The third kappa shape index (κ3) is 3.05. The Morgan fingerprint density at radius 2 is 2.35 bits per heavy atom. The highest BCUT2D eigenvalue weighted by Crippen LogP contribution is 2.12. The first-order valence-corrected chi connectivity index (χ1v) is 5.27. The molecule has 0 amide bonds. The summed E-state index contributed by atoms with van der Waals surface area (Å²) in [6.07, 6.45) is 1.53. The van der Waals surface area contributed by atoms with Gasteiger partial charge < -0.3 is 4.74 Å². The molecular formula is C12H12N4O. The second kappa shape index (κ2) is 5.12. The molecule has 0 atom stereocenters. The summed E-state index contributed by atoms with van der Waals surface area (Å²) in [7, 11) is 0. The van der Waals surface area contributed by atoms with Crippen LogP contribution in [0.3, 0.4) is 0 Å². The summed E-state index contributed by atoms with van der Waals surface area (Å²) in [4.78, 5) is 3.81. The molecule has 17 heavy (non-hydrogen) atoms. The summed E-state index contributed by atoms with van der Waals surface area (Å²) < 4.78 is 7.15. The quantitative estimate of drug-likeness (QED) is 0.796. The fraction of sp³-hybridized carbons (Fsp3) is 0.250. The van der Waals surface area contributed by atoms with Gasteiger partial charge in [0.15, 0.2) is 0 Å². The SMILES string of the molecule is Cc1cccc(OCCn2cnc(C#N)n2)c1. The zero-order valence-corrected chi connectivity index (χ0v) is 9.50. The van der Waals surface area contributed by atoms with E-state index in [1.807, 2.05) is 37.3 Å². The maximum atomic E-state index is 8.57. The lowest BCUT2D eigenvalue weighted by atomic mass is 10.2. The van der Waals surface area contributed by atoms with E-state index in [9.17, 15) is 0 Å². The highest BCUT2D eigenvalue weighted by Gasteiger charge is 1.99. The minimum absolute atomic E-state index is 0.181. The first-order chi connectivity index (χ1) is 8.28. The fourth-order valence-corrected chi connectivity index (χ4v) is 1.42. The van der Waals surface area contributed by atoms with E-state index in [0.29, 0.717) is 13.2 Å². The van der Waals surface area contributed by atoms with Crippen LogP contribution in [0.5, 0.6) is 5.75 Å². The summed E-state index contributed by atoms with van der Waals surface area (Å²) in [5, 5.41) is 12.5. The Hall–Kier alpha value is -2.35. The van der Waals surface area contributed by atoms with Crippen LogP contribution in [0, 0.1) is 18.3 Å². The monoisotopic (exact) mass is 228 g/mol. The van der Waals surface area contributed by atoms with E-state index in [4.69, 9.17) is 10.00 Å². The smallest absolute Gasteiger partial charge is 0.252 e. The molecule has 0 radical (unpaired) electrons. The van der Waals surface area contributed by atoms with E-state index in [1.165, 1.54) is 6.33 Å². The average molecular weight is 228 g/mol. The number of benzene rings is 1. The van der Waals surface area contributed by atoms with Crippen LogP contribution in [0.15, 0.2) is 30.6 Å². The van der Waals surface area contributed by atoms with Crippen molar-refractivity contribution >= 4 is 0 Å². The first kappa shape index (κ1) is 11.1. The summed E-state index contributed by atoms with van der Waals surface area (Å²) in [6, 6.07) is 9.73. The Labute approximate surface area is 99.3 Å². The molecule has 5 heteroatoms. The van der Waals surface area contributed by atoms with Crippen molar-refractivity contribution in [1.29, 1.82) is 5.26 Å². The molecule has 0 aliphatic rings. The fourth-order valence-electron chi connectivity index (χ4n) is 1.42. The van der Waals surface area contributed by atoms with Crippen LogP contribution in [0.25, 0.3) is 0 Å². The van der Waals surface area contributed by atoms with E-state index >= 15 is 0 Å². The number of hydrogen-bond donors (Lipinski definition) is 0. The molecule has 5 nitrogen and oxygen atoms in total. The summed E-state index contributed by atoms with van der Waals surface area (Å²) >= 11 is 0. The summed E-state index contributed by atoms with van der Waals surface area (Å²) in [5.41, 5.74) is 1.16. The predicted molar refractivity (Wildman–Crippen MR) is 61.4 cm³/mol. The highest BCUT2D eigenvalue weighted by molar-refractivity contribution is 5.27. The van der Waals surface area contributed by atoms with Gasteiger partial charge in [-0.3, -0.25) is 0 Å². The van der Waals surface area contributed by atoms with Crippen molar-refractivity contribution in [2.24, 2.45) is 0 Å². The lowest BCUT2D eigenvalue weighted by molar-refractivity contribution is 0.291. The number of rotatable bonds is 4. The molecule has 1 aromatic carbocycles. The maximum Gasteiger partial charge on any atom is 0.252 e. The number of nitrogens with zero attached hydrogens (tertiary/aromatic N) is 4. The highest BCUT2D eigenvalue weighted by atomic mass is 16.5. The normalized spacial score (nSPS) is 9.88. The third-order valence-corrected chi connectivity index (χ3v) is 2.22. The molecular weight excluding hydrogens is 216 g/mol. The van der Waals surface area contributed by atoms with Gasteiger partial charge >= 0.3 is 0 Å². The van der Waals surface area contributed by atoms with Gasteiger partial charge in [0, 0.05) is 0 Å². The van der Waals surface area contributed by atoms with Gasteiger partial charge in [-0.25, -0.2) is 9.67 Å². The number of aryl methyl sites for hydroxylation is 1. The minimum atomic E-state index is 0.181. The Morgan fingerprint density at radius 1 is 1.47 bits per heavy atom. The largest absolute Gasteiger partial charge is 0.492 e. The van der Waals surface area contributed by atoms with E-state index in [-0.39, 0.29) is 5.82 Å². The summed E-state index contributed by atoms with van der Waals surface area (Å²) in [6.45, 7) is 3.09. The van der Waals surface area contributed by atoms with Gasteiger partial charge in [0.2, 0.25) is 0 Å². The molecule has 2 rings (SSSR count). The van der Waals surface area contributed by atoms with Gasteiger partial charge in [-0.05, 0) is 24.6 Å². The number of ether oxygens (including phenoxy) is 1. The molecule has 0 bridgehead atoms. The first-order valence-electron chi connectivity index (χ1n) is 5.27. The van der Waals surface area contributed by atoms with Gasteiger partial charge in [-0.15, -0.1) is 5.10 Å². The van der Waals surface area contributed by atoms with Crippen LogP contribution in [0.4, 0.5) is 0 Å². The lowest BCUT2D eigenvalue weighted by Gasteiger charge is -2.06. The molecule has 0 saturated heterocycles. The van der Waals surface area contributed by atoms with E-state index < -0.39 is 0 Å². The molecule has 0 aliphatic heterocycles. The Bertz CT molecular complexity index is 541. The molecule has 0 aliphatic carbocycles. The molecule has 0 saturated carbocycles. The molecule has 0 fully saturated rings. The van der Waals surface area contributed by atoms with Crippen molar-refractivity contribution in [3.63, 3.8) is 0 Å². The number of hydrogen-bond acceptors (Lipinski definition) is 4. The van der Waals surface area contributed by atoms with Crippen molar-refractivity contribution in [2.75, 3.05) is 6.61 Å². The van der Waals surface area contributed by atoms with Gasteiger partial charge in [0.1, 0.15) is 24.8 Å². The number of aromatic nitrogens is 3. The molecule has 2 aromatic rings. The van der Waals surface area contributed by atoms with Crippen LogP contribution < -0.4 is 4.74 Å². The molecule has 0 N–H and O–H groups in total. The van der Waals surface area contributed by atoms with E-state index in [2.05, 4.69) is 10.1 Å². The Balaban J connectivity index is 1.85. The van der Waals surface area contributed by atoms with Gasteiger partial charge in [0.05, 0.1) is 6.54 Å². The van der Waals surface area contributed by atoms with Crippen molar-refractivity contribution in [1.82, 2.24) is 14.8 Å². The zero-order valence-electron chi connectivity index (χ0n) is 9.50. The van der Waals surface area contributed by atoms with E-state index in [1.54, 1.807) is 4.68 Å². The van der Waals surface area contributed by atoms with Gasteiger partial charge in [0.25, 0.3) is 5.82 Å². The standard InChI is InChI=1S/C12H12N4O/c1-10-3-2-4-11(7-10)17-6-5-16-9-14-12(8-13)15-16/h2-4,7,9H,5-6H2,1H3. The van der Waals surface area contributed by atoms with Crippen molar-refractivity contribution in [3.8, 4) is 11.8 Å². The molecule has 1 heterocycles. The predicted octanol–water partition coefficient (Wildman–Crippen LogP) is 1.54. The van der Waals surface area contributed by atoms with Crippen LogP contribution >= 0.6 is 0 Å². The summed E-state index contributed by atoms with van der Waals surface area (Å²) in [5.74, 6) is 1.02. The van der Waals surface area contributed by atoms with Crippen molar-refractivity contribution in [2.45, 2.75) is 13.5 Å². The second-order valence-corrected chi connectivity index (χ2v) is 3.61. The third-order valence-electron chi connectivity index (χ3n) is 2.22. The van der Waals surface area contributed by atoms with Crippen LogP contribution in [0.2, 0.25) is 0 Å². The molecule has 0 unspecified atom stereocenters. The Kier molecular flexibility index (Phi) is 3.36. The average Bonchev–Trinajstić information content (AvgIpc) is 2.77. The zero-order chi connectivity index (χ0) is 12.1. The lowest BCUT2D eigenvalue weighted by Crippen LogP contribution is -2.08. The molecule has 86 valence electrons. The van der Waals surface area contributed by atoms with Crippen molar-refractivity contribution < 1.29 is 4.74 Å².